The second-order valence-corrected chi connectivity index (χ2v) is 4.65. The van der Waals surface area contributed by atoms with Crippen LogP contribution >= 0.6 is 0 Å². The minimum absolute atomic E-state index is 0.448. The molecule has 0 aliphatic rings. The number of hydrogen-bond acceptors (Lipinski definition) is 3. The van der Waals surface area contributed by atoms with E-state index in [0.717, 1.165) is 27.9 Å². The molecular weight excluding hydrogens is 266 g/mol. The number of nitrogens with one attached hydrogen (secondary N) is 1. The van der Waals surface area contributed by atoms with Gasteiger partial charge in [0.1, 0.15) is 5.75 Å². The summed E-state index contributed by atoms with van der Waals surface area (Å²) in [5, 5.41) is 8.15. The average Bonchev–Trinajstić information content (AvgIpc) is 2.91. The van der Waals surface area contributed by atoms with Gasteiger partial charge < -0.3 is 10.5 Å². The molecule has 0 unspecified atom stereocenters. The molecule has 0 spiro atoms. The van der Waals surface area contributed by atoms with Gasteiger partial charge in [-0.1, -0.05) is 0 Å². The number of benzene rings is 2. The molecule has 0 saturated carbocycles. The number of nitrogens with two attached hydrogens (primary N) is 1. The number of amides is 1. The molecular formula is C16H15N3O2. The van der Waals surface area contributed by atoms with Gasteiger partial charge in [-0.2, -0.15) is 5.10 Å². The first-order valence-corrected chi connectivity index (χ1v) is 6.70. The molecule has 0 fully saturated rings. The maximum Gasteiger partial charge on any atom is 0.248 e. The van der Waals surface area contributed by atoms with E-state index in [0.29, 0.717) is 12.2 Å². The first kappa shape index (κ1) is 13.2. The van der Waals surface area contributed by atoms with Crippen LogP contribution in [0.2, 0.25) is 0 Å². The Labute approximate surface area is 121 Å². The fraction of sp³-hybridized carbons (Fsp3) is 0.125. The number of rotatable bonds is 4. The van der Waals surface area contributed by atoms with Gasteiger partial charge in [-0.15, -0.1) is 0 Å². The summed E-state index contributed by atoms with van der Waals surface area (Å²) in [5.41, 5.74) is 8.40. The molecule has 1 amide bonds. The molecule has 1 heterocycles. The van der Waals surface area contributed by atoms with Crippen molar-refractivity contribution in [2.75, 3.05) is 6.61 Å². The van der Waals surface area contributed by atoms with Crippen LogP contribution in [0, 0.1) is 0 Å². The van der Waals surface area contributed by atoms with Gasteiger partial charge in [0.25, 0.3) is 0 Å². The number of primary amides is 1. The van der Waals surface area contributed by atoms with Gasteiger partial charge in [0.2, 0.25) is 5.91 Å². The first-order chi connectivity index (χ1) is 10.2. The normalized spacial score (nSPS) is 10.7. The van der Waals surface area contributed by atoms with Crippen LogP contribution in [0.15, 0.2) is 42.5 Å². The molecule has 0 bridgehead atoms. The fourth-order valence-corrected chi connectivity index (χ4v) is 2.26. The average molecular weight is 281 g/mol. The molecule has 0 radical (unpaired) electrons. The third-order valence-corrected chi connectivity index (χ3v) is 3.29. The van der Waals surface area contributed by atoms with Gasteiger partial charge in [0.15, 0.2) is 0 Å². The molecule has 5 nitrogen and oxygen atoms in total. The van der Waals surface area contributed by atoms with Gasteiger partial charge in [-0.3, -0.25) is 9.89 Å². The summed E-state index contributed by atoms with van der Waals surface area (Å²) >= 11 is 0. The zero-order valence-corrected chi connectivity index (χ0v) is 11.6. The van der Waals surface area contributed by atoms with Crippen molar-refractivity contribution in [2.45, 2.75) is 6.92 Å². The highest BCUT2D eigenvalue weighted by molar-refractivity contribution is 6.00. The van der Waals surface area contributed by atoms with Crippen LogP contribution in [0.25, 0.3) is 22.2 Å². The van der Waals surface area contributed by atoms with E-state index < -0.39 is 5.91 Å². The van der Waals surface area contributed by atoms with Crippen LogP contribution < -0.4 is 10.5 Å². The smallest absolute Gasteiger partial charge is 0.248 e. The largest absolute Gasteiger partial charge is 0.494 e. The SMILES string of the molecule is CCOc1ccc(-c2n[nH]c3ccc(C(N)=O)cc23)cc1. The van der Waals surface area contributed by atoms with Crippen molar-refractivity contribution in [3.05, 3.63) is 48.0 Å². The maximum absolute atomic E-state index is 11.3. The zero-order valence-electron chi connectivity index (χ0n) is 11.6. The highest BCUT2D eigenvalue weighted by Crippen LogP contribution is 2.28. The summed E-state index contributed by atoms with van der Waals surface area (Å²) in [4.78, 5) is 11.3. The quantitative estimate of drug-likeness (QED) is 0.771. The summed E-state index contributed by atoms with van der Waals surface area (Å²) in [5.74, 6) is 0.370. The van der Waals surface area contributed by atoms with Crippen LogP contribution in [0.3, 0.4) is 0 Å². The summed E-state index contributed by atoms with van der Waals surface area (Å²) in [6, 6.07) is 12.9. The molecule has 1 aromatic heterocycles. The van der Waals surface area contributed by atoms with E-state index in [1.165, 1.54) is 0 Å². The minimum atomic E-state index is -0.448. The van der Waals surface area contributed by atoms with Gasteiger partial charge in [-0.05, 0) is 49.4 Å². The third-order valence-electron chi connectivity index (χ3n) is 3.29. The van der Waals surface area contributed by atoms with Crippen LogP contribution in [0.5, 0.6) is 5.75 Å². The predicted molar refractivity (Wildman–Crippen MR) is 81.2 cm³/mol. The topological polar surface area (TPSA) is 81.0 Å². The molecule has 21 heavy (non-hydrogen) atoms. The number of H-pyrrole nitrogens is 1. The molecule has 3 N–H and O–H groups in total. The van der Waals surface area contributed by atoms with Crippen LogP contribution in [-0.4, -0.2) is 22.7 Å². The number of ether oxygens (including phenoxy) is 1. The lowest BCUT2D eigenvalue weighted by atomic mass is 10.1. The number of aromatic amines is 1. The van der Waals surface area contributed by atoms with E-state index in [9.17, 15) is 4.79 Å². The lowest BCUT2D eigenvalue weighted by Gasteiger charge is -2.04. The van der Waals surface area contributed by atoms with Crippen LogP contribution in [0.1, 0.15) is 17.3 Å². The van der Waals surface area contributed by atoms with E-state index in [1.54, 1.807) is 18.2 Å². The Bertz CT molecular complexity index is 791. The molecule has 3 rings (SSSR count). The number of hydrogen-bond donors (Lipinski definition) is 2. The third kappa shape index (κ3) is 2.45. The first-order valence-electron chi connectivity index (χ1n) is 6.70. The monoisotopic (exact) mass is 281 g/mol. The van der Waals surface area contributed by atoms with E-state index in [1.807, 2.05) is 31.2 Å². The standard InChI is InChI=1S/C16H15N3O2/c1-2-21-12-6-3-10(4-7-12)15-13-9-11(16(17)20)5-8-14(13)18-19-15/h3-9H,2H2,1H3,(H2,17,20)(H,18,19). The Balaban J connectivity index is 2.07. The predicted octanol–water partition coefficient (Wildman–Crippen LogP) is 2.73. The Kier molecular flexibility index (Phi) is 3.31. The highest BCUT2D eigenvalue weighted by Gasteiger charge is 2.10. The summed E-state index contributed by atoms with van der Waals surface area (Å²) in [7, 11) is 0. The Morgan fingerprint density at radius 1 is 1.24 bits per heavy atom. The van der Waals surface area contributed by atoms with Crippen LogP contribution in [-0.2, 0) is 0 Å². The molecule has 0 aliphatic carbocycles. The molecule has 106 valence electrons. The Hall–Kier alpha value is -2.82. The van der Waals surface area contributed by atoms with Crippen molar-refractivity contribution < 1.29 is 9.53 Å². The van der Waals surface area contributed by atoms with Crippen molar-refractivity contribution in [3.63, 3.8) is 0 Å². The molecule has 2 aromatic carbocycles. The second kappa shape index (κ2) is 5.28. The molecule has 0 atom stereocenters. The fourth-order valence-electron chi connectivity index (χ4n) is 2.26. The summed E-state index contributed by atoms with van der Waals surface area (Å²) in [6.07, 6.45) is 0. The number of fused-ring (bicyclic) bond motifs is 1. The number of aromatic nitrogens is 2. The van der Waals surface area contributed by atoms with Gasteiger partial charge in [0, 0.05) is 16.5 Å². The summed E-state index contributed by atoms with van der Waals surface area (Å²) < 4.78 is 5.43. The van der Waals surface area contributed by atoms with Gasteiger partial charge >= 0.3 is 0 Å². The Morgan fingerprint density at radius 3 is 2.67 bits per heavy atom. The van der Waals surface area contributed by atoms with Gasteiger partial charge in [0.05, 0.1) is 17.8 Å². The highest BCUT2D eigenvalue weighted by atomic mass is 16.5. The zero-order chi connectivity index (χ0) is 14.8. The molecule has 0 saturated heterocycles. The lowest BCUT2D eigenvalue weighted by Crippen LogP contribution is -2.10. The van der Waals surface area contributed by atoms with E-state index in [-0.39, 0.29) is 0 Å². The molecule has 3 aromatic rings. The van der Waals surface area contributed by atoms with Crippen LogP contribution in [0.4, 0.5) is 0 Å². The van der Waals surface area contributed by atoms with Crippen molar-refractivity contribution in [1.29, 1.82) is 0 Å². The van der Waals surface area contributed by atoms with Crippen molar-refractivity contribution in [3.8, 4) is 17.0 Å². The lowest BCUT2D eigenvalue weighted by molar-refractivity contribution is 0.100. The number of carbonyl (C=O) groups excluding carboxylic acids is 1. The van der Waals surface area contributed by atoms with Gasteiger partial charge in [-0.25, -0.2) is 0 Å². The molecule has 5 heteroatoms. The van der Waals surface area contributed by atoms with Crippen molar-refractivity contribution in [1.82, 2.24) is 10.2 Å². The maximum atomic E-state index is 11.3. The number of carbonyl (C=O) groups is 1. The number of nitrogens with zero attached hydrogens (tertiary/aromatic N) is 1. The molecule has 0 aliphatic heterocycles. The van der Waals surface area contributed by atoms with Crippen molar-refractivity contribution >= 4 is 16.8 Å². The summed E-state index contributed by atoms with van der Waals surface area (Å²) in [6.45, 7) is 2.58. The Morgan fingerprint density at radius 2 is 2.00 bits per heavy atom. The van der Waals surface area contributed by atoms with E-state index >= 15 is 0 Å². The minimum Gasteiger partial charge on any atom is -0.494 e. The van der Waals surface area contributed by atoms with Crippen molar-refractivity contribution in [2.24, 2.45) is 5.73 Å². The van der Waals surface area contributed by atoms with E-state index in [4.69, 9.17) is 10.5 Å². The van der Waals surface area contributed by atoms with E-state index in [2.05, 4.69) is 10.2 Å². The second-order valence-electron chi connectivity index (χ2n) is 4.65.